The van der Waals surface area contributed by atoms with Gasteiger partial charge in [-0.05, 0) is 63.9 Å². The van der Waals surface area contributed by atoms with Crippen molar-refractivity contribution in [2.24, 2.45) is 0 Å². The summed E-state index contributed by atoms with van der Waals surface area (Å²) in [5.41, 5.74) is 2.11. The molecule has 1 saturated heterocycles. The quantitative estimate of drug-likeness (QED) is 0.215. The van der Waals surface area contributed by atoms with E-state index in [1.54, 1.807) is 24.3 Å². The highest BCUT2D eigenvalue weighted by Crippen LogP contribution is 2.37. The summed E-state index contributed by atoms with van der Waals surface area (Å²) in [7, 11) is 0. The summed E-state index contributed by atoms with van der Waals surface area (Å²) in [4.78, 5) is 14.5. The molecule has 220 valence electrons. The fourth-order valence-electron chi connectivity index (χ4n) is 5.10. The van der Waals surface area contributed by atoms with Gasteiger partial charge in [-0.1, -0.05) is 24.3 Å². The zero-order valence-corrected chi connectivity index (χ0v) is 24.3. The molecule has 0 amide bonds. The zero-order valence-electron chi connectivity index (χ0n) is 23.5. The SMILES string of the molecule is CC(C)(C)NC1CCN(c2c(C#N)c(Nc3cccc(Nc4nccc(C(F)(F)F)n4)c3)nc3ccccc23)CC1.Cl. The van der Waals surface area contributed by atoms with E-state index in [4.69, 9.17) is 4.98 Å². The van der Waals surface area contributed by atoms with E-state index in [9.17, 15) is 18.4 Å². The largest absolute Gasteiger partial charge is 0.433 e. The zero-order chi connectivity index (χ0) is 29.2. The highest BCUT2D eigenvalue weighted by molar-refractivity contribution is 5.98. The van der Waals surface area contributed by atoms with Gasteiger partial charge in [-0.3, -0.25) is 0 Å². The van der Waals surface area contributed by atoms with E-state index >= 15 is 0 Å². The van der Waals surface area contributed by atoms with Crippen LogP contribution in [0, 0.1) is 11.3 Å². The number of nitrogens with zero attached hydrogens (tertiary/aromatic N) is 5. The number of hydrogen-bond acceptors (Lipinski definition) is 8. The van der Waals surface area contributed by atoms with E-state index < -0.39 is 11.9 Å². The highest BCUT2D eigenvalue weighted by atomic mass is 35.5. The van der Waals surface area contributed by atoms with Crippen LogP contribution in [0.25, 0.3) is 10.9 Å². The van der Waals surface area contributed by atoms with Crippen LogP contribution in [0.1, 0.15) is 44.9 Å². The number of fused-ring (bicyclic) bond motifs is 1. The van der Waals surface area contributed by atoms with Gasteiger partial charge in [0.1, 0.15) is 17.3 Å². The van der Waals surface area contributed by atoms with Crippen molar-refractivity contribution in [3.63, 3.8) is 0 Å². The number of aromatic nitrogens is 3. The van der Waals surface area contributed by atoms with Gasteiger partial charge in [0.2, 0.25) is 5.95 Å². The third-order valence-electron chi connectivity index (χ3n) is 6.75. The highest BCUT2D eigenvalue weighted by Gasteiger charge is 2.33. The third kappa shape index (κ3) is 7.19. The van der Waals surface area contributed by atoms with Crippen molar-refractivity contribution >= 4 is 52.1 Å². The van der Waals surface area contributed by atoms with E-state index in [1.807, 2.05) is 24.3 Å². The van der Waals surface area contributed by atoms with Crippen molar-refractivity contribution < 1.29 is 13.2 Å². The molecule has 1 fully saturated rings. The molecule has 8 nitrogen and oxygen atoms in total. The van der Waals surface area contributed by atoms with Gasteiger partial charge >= 0.3 is 6.18 Å². The molecule has 3 N–H and O–H groups in total. The molecule has 5 rings (SSSR count). The number of benzene rings is 2. The predicted octanol–water partition coefficient (Wildman–Crippen LogP) is 7.18. The van der Waals surface area contributed by atoms with Gasteiger partial charge in [0.25, 0.3) is 0 Å². The number of nitrogens with one attached hydrogen (secondary N) is 3. The number of pyridine rings is 1. The number of rotatable bonds is 6. The van der Waals surface area contributed by atoms with Crippen LogP contribution < -0.4 is 20.9 Å². The molecule has 0 radical (unpaired) electrons. The first-order valence-corrected chi connectivity index (χ1v) is 13.4. The van der Waals surface area contributed by atoms with Gasteiger partial charge in [0.05, 0.1) is 11.2 Å². The molecule has 0 unspecified atom stereocenters. The number of para-hydroxylation sites is 1. The molecular weight excluding hydrogens is 565 g/mol. The molecule has 0 aliphatic carbocycles. The number of piperidine rings is 1. The molecule has 4 aromatic rings. The van der Waals surface area contributed by atoms with Crippen LogP contribution in [-0.4, -0.2) is 39.6 Å². The Bertz CT molecular complexity index is 1590. The first-order chi connectivity index (χ1) is 19.5. The summed E-state index contributed by atoms with van der Waals surface area (Å²) in [6.45, 7) is 8.09. The molecular formula is C30H32ClF3N8. The van der Waals surface area contributed by atoms with Crippen LogP contribution in [0.15, 0.2) is 60.8 Å². The summed E-state index contributed by atoms with van der Waals surface area (Å²) in [6.07, 6.45) is -1.62. The molecule has 0 spiro atoms. The normalized spacial score (nSPS) is 14.3. The molecule has 42 heavy (non-hydrogen) atoms. The monoisotopic (exact) mass is 596 g/mol. The van der Waals surface area contributed by atoms with Gasteiger partial charge in [-0.15, -0.1) is 12.4 Å². The van der Waals surface area contributed by atoms with Crippen LogP contribution in [0.5, 0.6) is 0 Å². The number of nitriles is 1. The number of halogens is 4. The predicted molar refractivity (Wildman–Crippen MR) is 162 cm³/mol. The summed E-state index contributed by atoms with van der Waals surface area (Å²) in [5, 5.41) is 21.0. The molecule has 1 aliphatic heterocycles. The van der Waals surface area contributed by atoms with Crippen molar-refractivity contribution in [3.05, 3.63) is 72.1 Å². The minimum absolute atomic E-state index is 0. The lowest BCUT2D eigenvalue weighted by Crippen LogP contribution is -2.49. The van der Waals surface area contributed by atoms with Gasteiger partial charge in [0, 0.05) is 47.6 Å². The van der Waals surface area contributed by atoms with Gasteiger partial charge < -0.3 is 20.9 Å². The summed E-state index contributed by atoms with van der Waals surface area (Å²) in [5.74, 6) is 0.230. The number of anilines is 5. The molecule has 12 heteroatoms. The van der Waals surface area contributed by atoms with Crippen molar-refractivity contribution in [3.8, 4) is 6.07 Å². The van der Waals surface area contributed by atoms with Gasteiger partial charge in [0.15, 0.2) is 5.82 Å². The fraction of sp³-hybridized carbons (Fsp3) is 0.333. The maximum atomic E-state index is 13.1. The van der Waals surface area contributed by atoms with Crippen molar-refractivity contribution in [1.29, 1.82) is 5.26 Å². The Labute approximate surface area is 248 Å². The van der Waals surface area contributed by atoms with Gasteiger partial charge in [-0.25, -0.2) is 15.0 Å². The Morgan fingerprint density at radius 3 is 2.29 bits per heavy atom. The summed E-state index contributed by atoms with van der Waals surface area (Å²) < 4.78 is 39.2. The average Bonchev–Trinajstić information content (AvgIpc) is 2.92. The van der Waals surface area contributed by atoms with Crippen LogP contribution in [0.2, 0.25) is 0 Å². The molecule has 2 aromatic heterocycles. The lowest BCUT2D eigenvalue weighted by atomic mass is 9.98. The maximum absolute atomic E-state index is 13.1. The minimum atomic E-state index is -4.58. The maximum Gasteiger partial charge on any atom is 0.433 e. The Balaban J connectivity index is 0.00000405. The van der Waals surface area contributed by atoms with Crippen molar-refractivity contribution in [1.82, 2.24) is 20.3 Å². The van der Waals surface area contributed by atoms with E-state index in [2.05, 4.69) is 57.7 Å². The molecule has 0 bridgehead atoms. The second kappa shape index (κ2) is 12.4. The van der Waals surface area contributed by atoms with Crippen LogP contribution in [0.3, 0.4) is 0 Å². The first-order valence-electron chi connectivity index (χ1n) is 13.4. The molecule has 1 aliphatic rings. The van der Waals surface area contributed by atoms with Crippen LogP contribution >= 0.6 is 12.4 Å². The molecule has 2 aromatic carbocycles. The topological polar surface area (TPSA) is 102 Å². The number of hydrogen-bond donors (Lipinski definition) is 3. The number of alkyl halides is 3. The Morgan fingerprint density at radius 1 is 0.929 bits per heavy atom. The van der Waals surface area contributed by atoms with E-state index in [-0.39, 0.29) is 23.9 Å². The van der Waals surface area contributed by atoms with Crippen LogP contribution in [0.4, 0.5) is 42.0 Å². The fourth-order valence-corrected chi connectivity index (χ4v) is 5.10. The van der Waals surface area contributed by atoms with Crippen molar-refractivity contribution in [2.75, 3.05) is 28.6 Å². The van der Waals surface area contributed by atoms with E-state index in [1.165, 1.54) is 0 Å². The smallest absolute Gasteiger partial charge is 0.370 e. The molecule has 3 heterocycles. The van der Waals surface area contributed by atoms with E-state index in [0.29, 0.717) is 28.8 Å². The van der Waals surface area contributed by atoms with E-state index in [0.717, 1.165) is 54.8 Å². The summed E-state index contributed by atoms with van der Waals surface area (Å²) >= 11 is 0. The standard InChI is InChI=1S/C30H31F3N8.ClH/c1-29(2,3)40-19-12-15-41(16-13-19)26-22-9-4-5-10-24(22)38-27(23(26)18-34)36-20-7-6-8-21(17-20)37-28-35-14-11-25(39-28)30(31,32)33;/h4-11,14,17,19,40H,12-13,15-16H2,1-3H3,(H,36,38)(H,35,37,39);1H. The Hall–Kier alpha value is -4.14. The lowest BCUT2D eigenvalue weighted by Gasteiger charge is -2.38. The Morgan fingerprint density at radius 2 is 1.62 bits per heavy atom. The summed E-state index contributed by atoms with van der Waals surface area (Å²) in [6, 6.07) is 18.3. The third-order valence-corrected chi connectivity index (χ3v) is 6.75. The van der Waals surface area contributed by atoms with Crippen molar-refractivity contribution in [2.45, 2.75) is 51.4 Å². The Kier molecular flexibility index (Phi) is 9.09. The molecule has 0 saturated carbocycles. The average molecular weight is 597 g/mol. The van der Waals surface area contributed by atoms with Gasteiger partial charge in [-0.2, -0.15) is 18.4 Å². The molecule has 0 atom stereocenters. The first kappa shape index (κ1) is 30.8. The van der Waals surface area contributed by atoms with Crippen LogP contribution in [-0.2, 0) is 6.18 Å². The minimum Gasteiger partial charge on any atom is -0.370 e. The lowest BCUT2D eigenvalue weighted by molar-refractivity contribution is -0.141. The second-order valence-electron chi connectivity index (χ2n) is 11.1. The second-order valence-corrected chi connectivity index (χ2v) is 11.1.